The number of hydrogen-bond acceptors (Lipinski definition) is 4. The molecule has 0 heterocycles. The Balaban J connectivity index is 1.62. The predicted molar refractivity (Wildman–Crippen MR) is 103 cm³/mol. The number of esters is 1. The molecule has 0 saturated heterocycles. The average molecular weight is 370 g/mol. The number of benzene rings is 1. The summed E-state index contributed by atoms with van der Waals surface area (Å²) in [6.45, 7) is 2.20. The number of unbranched alkanes of at least 4 members (excludes halogenated alkanes) is 1. The van der Waals surface area contributed by atoms with Crippen LogP contribution >= 0.6 is 0 Å². The predicted octanol–water partition coefficient (Wildman–Crippen LogP) is 4.44. The summed E-state index contributed by atoms with van der Waals surface area (Å²) >= 11 is 0. The number of carbonyl (C=O) groups is 3. The van der Waals surface area contributed by atoms with Gasteiger partial charge in [0.05, 0.1) is 17.4 Å². The van der Waals surface area contributed by atoms with Crippen LogP contribution in [0.3, 0.4) is 0 Å². The lowest BCUT2D eigenvalue weighted by atomic mass is 9.60. The smallest absolute Gasteiger partial charge is 0.312 e. The molecule has 2 fully saturated rings. The van der Waals surface area contributed by atoms with Crippen molar-refractivity contribution in [3.05, 3.63) is 35.9 Å². The Bertz CT molecular complexity index is 666. The average Bonchev–Trinajstić information content (AvgIpc) is 2.96. The van der Waals surface area contributed by atoms with Crippen LogP contribution in [0.2, 0.25) is 0 Å². The van der Waals surface area contributed by atoms with E-state index in [-0.39, 0.29) is 17.5 Å². The van der Waals surface area contributed by atoms with Gasteiger partial charge < -0.3 is 4.74 Å². The first-order valence-corrected chi connectivity index (χ1v) is 10.3. The summed E-state index contributed by atoms with van der Waals surface area (Å²) in [5.41, 5.74) is -0.00589. The second-order valence-corrected chi connectivity index (χ2v) is 8.12. The maximum Gasteiger partial charge on any atom is 0.312 e. The molecule has 2 aliphatic rings. The highest BCUT2D eigenvalue weighted by atomic mass is 16.5. The van der Waals surface area contributed by atoms with E-state index in [1.807, 2.05) is 25.1 Å². The number of ketones is 2. The molecule has 0 bridgehead atoms. The number of Topliss-reactive ketones (excluding diaryl/α,β-unsaturated/α-hetero) is 2. The first kappa shape index (κ1) is 19.8. The van der Waals surface area contributed by atoms with E-state index in [0.29, 0.717) is 45.1 Å². The van der Waals surface area contributed by atoms with Gasteiger partial charge in [0, 0.05) is 12.8 Å². The molecule has 4 nitrogen and oxygen atoms in total. The van der Waals surface area contributed by atoms with Gasteiger partial charge in [-0.1, -0.05) is 36.8 Å². The van der Waals surface area contributed by atoms with E-state index < -0.39 is 10.8 Å². The van der Waals surface area contributed by atoms with E-state index >= 15 is 0 Å². The van der Waals surface area contributed by atoms with Crippen molar-refractivity contribution in [2.75, 3.05) is 6.61 Å². The minimum Gasteiger partial charge on any atom is -0.466 e. The van der Waals surface area contributed by atoms with Crippen LogP contribution in [0.25, 0.3) is 0 Å². The number of ether oxygens (including phenoxy) is 1. The van der Waals surface area contributed by atoms with Gasteiger partial charge in [-0.25, -0.2) is 0 Å². The zero-order valence-corrected chi connectivity index (χ0v) is 16.3. The second-order valence-electron chi connectivity index (χ2n) is 8.12. The van der Waals surface area contributed by atoms with Gasteiger partial charge >= 0.3 is 5.97 Å². The van der Waals surface area contributed by atoms with Crippen LogP contribution in [-0.2, 0) is 25.5 Å². The maximum absolute atomic E-state index is 12.8. The summed E-state index contributed by atoms with van der Waals surface area (Å²) in [5.74, 6) is 0.0422. The molecular formula is C23H30O4. The number of rotatable bonds is 7. The Morgan fingerprint density at radius 3 is 2.19 bits per heavy atom. The molecule has 1 aromatic carbocycles. The molecule has 0 aromatic heterocycles. The van der Waals surface area contributed by atoms with Crippen molar-refractivity contribution in [2.24, 2.45) is 10.8 Å². The normalized spacial score (nSPS) is 20.8. The highest BCUT2D eigenvalue weighted by Crippen LogP contribution is 2.52. The van der Waals surface area contributed by atoms with Gasteiger partial charge in [0.2, 0.25) is 0 Å². The summed E-state index contributed by atoms with van der Waals surface area (Å²) in [6, 6.07) is 10.4. The van der Waals surface area contributed by atoms with E-state index in [1.165, 1.54) is 5.56 Å². The standard InChI is InChI=1S/C23H30O4/c1-2-27-21(26)22(13-7-6-10-18-8-4-3-5-9-18)14-16-23(17-15-22)19(24)11-12-20(23)25/h3-5,8-9H,2,6-7,10-17H2,1H3. The Hall–Kier alpha value is -1.97. The summed E-state index contributed by atoms with van der Waals surface area (Å²) < 4.78 is 5.40. The van der Waals surface area contributed by atoms with Crippen molar-refractivity contribution in [1.29, 1.82) is 0 Å². The van der Waals surface area contributed by atoms with Crippen molar-refractivity contribution < 1.29 is 19.1 Å². The maximum atomic E-state index is 12.8. The first-order valence-electron chi connectivity index (χ1n) is 10.3. The summed E-state index contributed by atoms with van der Waals surface area (Å²) in [7, 11) is 0. The largest absolute Gasteiger partial charge is 0.466 e. The SMILES string of the molecule is CCOC(=O)C1(CCCCc2ccccc2)CCC2(CC1)C(=O)CCC2=O. The Morgan fingerprint density at radius 2 is 1.59 bits per heavy atom. The molecular weight excluding hydrogens is 340 g/mol. The van der Waals surface area contributed by atoms with E-state index in [1.54, 1.807) is 0 Å². The fourth-order valence-electron chi connectivity index (χ4n) is 4.85. The zero-order chi connectivity index (χ0) is 19.3. The van der Waals surface area contributed by atoms with Crippen LogP contribution in [0.1, 0.15) is 70.3 Å². The van der Waals surface area contributed by atoms with Crippen LogP contribution in [0.5, 0.6) is 0 Å². The lowest BCUT2D eigenvalue weighted by Gasteiger charge is -2.41. The van der Waals surface area contributed by atoms with Gasteiger partial charge in [-0.2, -0.15) is 0 Å². The van der Waals surface area contributed by atoms with E-state index in [4.69, 9.17) is 4.74 Å². The molecule has 27 heavy (non-hydrogen) atoms. The lowest BCUT2D eigenvalue weighted by Crippen LogP contribution is -2.45. The third kappa shape index (κ3) is 3.99. The summed E-state index contributed by atoms with van der Waals surface area (Å²) in [6.07, 6.45) is 6.72. The van der Waals surface area contributed by atoms with Crippen LogP contribution in [-0.4, -0.2) is 24.1 Å². The summed E-state index contributed by atoms with van der Waals surface area (Å²) in [5, 5.41) is 0. The van der Waals surface area contributed by atoms with Gasteiger partial charge in [-0.15, -0.1) is 0 Å². The van der Waals surface area contributed by atoms with Crippen molar-refractivity contribution in [3.63, 3.8) is 0 Å². The van der Waals surface area contributed by atoms with Crippen molar-refractivity contribution in [3.8, 4) is 0 Å². The molecule has 1 spiro atoms. The van der Waals surface area contributed by atoms with Crippen LogP contribution in [0.15, 0.2) is 30.3 Å². The monoisotopic (exact) mass is 370 g/mol. The quantitative estimate of drug-likeness (QED) is 0.404. The summed E-state index contributed by atoms with van der Waals surface area (Å²) in [4.78, 5) is 37.5. The van der Waals surface area contributed by atoms with Gasteiger partial charge in [-0.05, 0) is 57.4 Å². The van der Waals surface area contributed by atoms with Crippen LogP contribution in [0.4, 0.5) is 0 Å². The van der Waals surface area contributed by atoms with E-state index in [0.717, 1.165) is 25.7 Å². The number of carbonyl (C=O) groups excluding carboxylic acids is 3. The highest BCUT2D eigenvalue weighted by molar-refractivity contribution is 6.13. The molecule has 146 valence electrons. The second kappa shape index (κ2) is 8.37. The number of hydrogen-bond donors (Lipinski definition) is 0. The number of aryl methyl sites for hydroxylation is 1. The highest BCUT2D eigenvalue weighted by Gasteiger charge is 2.55. The van der Waals surface area contributed by atoms with Gasteiger partial charge in [-0.3, -0.25) is 14.4 Å². The molecule has 0 radical (unpaired) electrons. The van der Waals surface area contributed by atoms with Crippen molar-refractivity contribution in [1.82, 2.24) is 0 Å². The molecule has 0 aliphatic heterocycles. The van der Waals surface area contributed by atoms with Crippen molar-refractivity contribution in [2.45, 2.75) is 71.1 Å². The van der Waals surface area contributed by atoms with E-state index in [9.17, 15) is 14.4 Å². The van der Waals surface area contributed by atoms with Crippen LogP contribution in [0, 0.1) is 10.8 Å². The third-order valence-electron chi connectivity index (χ3n) is 6.63. The molecule has 4 heteroatoms. The molecule has 3 rings (SSSR count). The van der Waals surface area contributed by atoms with Gasteiger partial charge in [0.25, 0.3) is 0 Å². The van der Waals surface area contributed by atoms with Gasteiger partial charge in [0.1, 0.15) is 11.6 Å². The Kier molecular flexibility index (Phi) is 6.13. The first-order chi connectivity index (χ1) is 13.0. The third-order valence-corrected chi connectivity index (χ3v) is 6.63. The van der Waals surface area contributed by atoms with Crippen molar-refractivity contribution >= 4 is 17.5 Å². The molecule has 2 saturated carbocycles. The topological polar surface area (TPSA) is 60.4 Å². The lowest BCUT2D eigenvalue weighted by molar-refractivity contribution is -0.162. The molecule has 1 aromatic rings. The Morgan fingerprint density at radius 1 is 0.963 bits per heavy atom. The fourth-order valence-corrected chi connectivity index (χ4v) is 4.85. The molecule has 0 unspecified atom stereocenters. The van der Waals surface area contributed by atoms with Gasteiger partial charge in [0.15, 0.2) is 0 Å². The molecule has 0 amide bonds. The molecule has 0 N–H and O–H groups in total. The Labute approximate surface area is 161 Å². The minimum atomic E-state index is -0.792. The van der Waals surface area contributed by atoms with Crippen LogP contribution < -0.4 is 0 Å². The molecule has 2 aliphatic carbocycles. The zero-order valence-electron chi connectivity index (χ0n) is 16.3. The fraction of sp³-hybridized carbons (Fsp3) is 0.609. The molecule has 0 atom stereocenters. The van der Waals surface area contributed by atoms with E-state index in [2.05, 4.69) is 12.1 Å². The minimum absolute atomic E-state index is 0.0917.